The van der Waals surface area contributed by atoms with E-state index in [9.17, 15) is 0 Å². The summed E-state index contributed by atoms with van der Waals surface area (Å²) in [6, 6.07) is 2.11. The van der Waals surface area contributed by atoms with E-state index in [2.05, 4.69) is 12.2 Å². The lowest BCUT2D eigenvalue weighted by Gasteiger charge is -2.14. The van der Waals surface area contributed by atoms with E-state index < -0.39 is 0 Å². The van der Waals surface area contributed by atoms with Crippen molar-refractivity contribution in [3.63, 3.8) is 0 Å². The summed E-state index contributed by atoms with van der Waals surface area (Å²) in [5, 5.41) is 3.35. The second-order valence-electron chi connectivity index (χ2n) is 3.87. The van der Waals surface area contributed by atoms with Crippen LogP contribution in [0.15, 0.2) is 6.07 Å². The van der Waals surface area contributed by atoms with Crippen molar-refractivity contribution in [1.82, 2.24) is 5.32 Å². The summed E-state index contributed by atoms with van der Waals surface area (Å²) in [6.07, 6.45) is 0.274. The third-order valence-corrected chi connectivity index (χ3v) is 3.67. The summed E-state index contributed by atoms with van der Waals surface area (Å²) in [7, 11) is 0. The smallest absolute Gasteiger partial charge is 0.0991 e. The zero-order chi connectivity index (χ0) is 12.1. The Hall–Kier alpha value is 0.200. The minimum atomic E-state index is 0.201. The number of hydrogen-bond donors (Lipinski definition) is 1. The SMILES string of the molecule is CC(C)OCCNC(C)c1cc(Cl)sc1Cl. The fourth-order valence-electron chi connectivity index (χ4n) is 1.33. The highest BCUT2D eigenvalue weighted by Crippen LogP contribution is 2.34. The van der Waals surface area contributed by atoms with E-state index in [1.54, 1.807) is 0 Å². The van der Waals surface area contributed by atoms with Gasteiger partial charge in [0.05, 0.1) is 21.4 Å². The summed E-state index contributed by atoms with van der Waals surface area (Å²) >= 11 is 13.4. The van der Waals surface area contributed by atoms with E-state index in [4.69, 9.17) is 27.9 Å². The Bertz CT molecular complexity index is 328. The number of nitrogens with one attached hydrogen (secondary N) is 1. The highest BCUT2D eigenvalue weighted by molar-refractivity contribution is 7.20. The van der Waals surface area contributed by atoms with Crippen molar-refractivity contribution in [2.45, 2.75) is 32.9 Å². The first-order valence-corrected chi connectivity index (χ1v) is 6.87. The largest absolute Gasteiger partial charge is 0.377 e. The molecule has 0 saturated heterocycles. The van der Waals surface area contributed by atoms with Crippen LogP contribution < -0.4 is 5.32 Å². The molecule has 0 bridgehead atoms. The number of hydrogen-bond acceptors (Lipinski definition) is 3. The number of rotatable bonds is 6. The molecule has 2 nitrogen and oxygen atoms in total. The maximum absolute atomic E-state index is 6.07. The molecule has 92 valence electrons. The fourth-order valence-corrected chi connectivity index (χ4v) is 2.97. The van der Waals surface area contributed by atoms with Crippen molar-refractivity contribution in [2.75, 3.05) is 13.2 Å². The van der Waals surface area contributed by atoms with Crippen LogP contribution in [0.4, 0.5) is 0 Å². The standard InChI is InChI=1S/C11H17Cl2NOS/c1-7(2)15-5-4-14-8(3)9-6-10(12)16-11(9)13/h6-8,14H,4-5H2,1-3H3. The van der Waals surface area contributed by atoms with E-state index in [0.29, 0.717) is 6.61 Å². The fraction of sp³-hybridized carbons (Fsp3) is 0.636. The lowest BCUT2D eigenvalue weighted by atomic mass is 10.2. The van der Waals surface area contributed by atoms with Crippen molar-refractivity contribution in [3.8, 4) is 0 Å². The summed E-state index contributed by atoms with van der Waals surface area (Å²) in [4.78, 5) is 0. The van der Waals surface area contributed by atoms with E-state index in [-0.39, 0.29) is 12.1 Å². The van der Waals surface area contributed by atoms with Crippen molar-refractivity contribution < 1.29 is 4.74 Å². The van der Waals surface area contributed by atoms with Gasteiger partial charge in [0, 0.05) is 12.6 Å². The lowest BCUT2D eigenvalue weighted by Crippen LogP contribution is -2.24. The number of thiophene rings is 1. The molecule has 0 aromatic carbocycles. The Morgan fingerprint density at radius 2 is 2.06 bits per heavy atom. The lowest BCUT2D eigenvalue weighted by molar-refractivity contribution is 0.0796. The first-order chi connectivity index (χ1) is 7.50. The maximum atomic E-state index is 6.07. The van der Waals surface area contributed by atoms with E-state index >= 15 is 0 Å². The molecule has 1 heterocycles. The van der Waals surface area contributed by atoms with Gasteiger partial charge in [-0.25, -0.2) is 0 Å². The molecular formula is C11H17Cl2NOS. The topological polar surface area (TPSA) is 21.3 Å². The van der Waals surface area contributed by atoms with Gasteiger partial charge < -0.3 is 10.1 Å². The van der Waals surface area contributed by atoms with Gasteiger partial charge in [-0.3, -0.25) is 0 Å². The van der Waals surface area contributed by atoms with Crippen LogP contribution >= 0.6 is 34.5 Å². The Morgan fingerprint density at radius 1 is 1.38 bits per heavy atom. The average molecular weight is 282 g/mol. The highest BCUT2D eigenvalue weighted by Gasteiger charge is 2.12. The minimum Gasteiger partial charge on any atom is -0.377 e. The summed E-state index contributed by atoms with van der Waals surface area (Å²) in [5.41, 5.74) is 1.06. The molecule has 0 spiro atoms. The van der Waals surface area contributed by atoms with Crippen LogP contribution in [-0.4, -0.2) is 19.3 Å². The van der Waals surface area contributed by atoms with Gasteiger partial charge in [-0.2, -0.15) is 0 Å². The van der Waals surface area contributed by atoms with E-state index in [1.807, 2.05) is 19.9 Å². The van der Waals surface area contributed by atoms with Gasteiger partial charge >= 0.3 is 0 Å². The second-order valence-corrected chi connectivity index (χ2v) is 6.16. The van der Waals surface area contributed by atoms with Gasteiger partial charge in [-0.05, 0) is 32.4 Å². The molecule has 0 fully saturated rings. The Balaban J connectivity index is 2.35. The molecule has 0 aliphatic carbocycles. The second kappa shape index (κ2) is 6.82. The molecule has 0 aliphatic rings. The average Bonchev–Trinajstić information content (AvgIpc) is 2.52. The molecule has 1 atom stereocenters. The van der Waals surface area contributed by atoms with Crippen LogP contribution in [0.1, 0.15) is 32.4 Å². The zero-order valence-electron chi connectivity index (χ0n) is 9.72. The van der Waals surface area contributed by atoms with Gasteiger partial charge in [-0.1, -0.05) is 23.2 Å². The van der Waals surface area contributed by atoms with Crippen molar-refractivity contribution in [3.05, 3.63) is 20.3 Å². The number of ether oxygens (including phenoxy) is 1. The zero-order valence-corrected chi connectivity index (χ0v) is 12.0. The first-order valence-electron chi connectivity index (χ1n) is 5.30. The predicted molar refractivity (Wildman–Crippen MR) is 71.8 cm³/mol. The minimum absolute atomic E-state index is 0.201. The third-order valence-electron chi connectivity index (χ3n) is 2.15. The highest BCUT2D eigenvalue weighted by atomic mass is 35.5. The Kier molecular flexibility index (Phi) is 6.08. The molecule has 1 aromatic rings. The molecule has 0 amide bonds. The molecule has 1 unspecified atom stereocenters. The number of halogens is 2. The van der Waals surface area contributed by atoms with Crippen LogP contribution in [0.25, 0.3) is 0 Å². The Morgan fingerprint density at radius 3 is 2.56 bits per heavy atom. The van der Waals surface area contributed by atoms with E-state index in [0.717, 1.165) is 20.8 Å². The van der Waals surface area contributed by atoms with Gasteiger partial charge in [0.15, 0.2) is 0 Å². The predicted octanol–water partition coefficient (Wildman–Crippen LogP) is 4.13. The summed E-state index contributed by atoms with van der Waals surface area (Å²) in [5.74, 6) is 0. The first kappa shape index (κ1) is 14.3. The van der Waals surface area contributed by atoms with Crippen molar-refractivity contribution >= 4 is 34.5 Å². The molecule has 5 heteroatoms. The molecule has 1 N–H and O–H groups in total. The quantitative estimate of drug-likeness (QED) is 0.792. The molecule has 1 aromatic heterocycles. The van der Waals surface area contributed by atoms with Crippen LogP contribution in [0.2, 0.25) is 8.67 Å². The molecule has 16 heavy (non-hydrogen) atoms. The van der Waals surface area contributed by atoms with Gasteiger partial charge in [0.2, 0.25) is 0 Å². The van der Waals surface area contributed by atoms with Crippen molar-refractivity contribution in [2.24, 2.45) is 0 Å². The van der Waals surface area contributed by atoms with Gasteiger partial charge in [0.25, 0.3) is 0 Å². The normalized spacial score (nSPS) is 13.4. The summed E-state index contributed by atoms with van der Waals surface area (Å²) < 4.78 is 6.93. The monoisotopic (exact) mass is 281 g/mol. The van der Waals surface area contributed by atoms with Crippen LogP contribution in [0.3, 0.4) is 0 Å². The molecule has 0 saturated carbocycles. The molecular weight excluding hydrogens is 265 g/mol. The maximum Gasteiger partial charge on any atom is 0.0991 e. The Labute approximate surface area is 111 Å². The molecule has 0 radical (unpaired) electrons. The summed E-state index contributed by atoms with van der Waals surface area (Å²) in [6.45, 7) is 7.64. The third kappa shape index (κ3) is 4.60. The van der Waals surface area contributed by atoms with Crippen LogP contribution in [0.5, 0.6) is 0 Å². The van der Waals surface area contributed by atoms with Crippen LogP contribution in [0, 0.1) is 0 Å². The molecule has 1 rings (SSSR count). The van der Waals surface area contributed by atoms with Crippen LogP contribution in [-0.2, 0) is 4.74 Å². The van der Waals surface area contributed by atoms with Crippen molar-refractivity contribution in [1.29, 1.82) is 0 Å². The molecule has 0 aliphatic heterocycles. The van der Waals surface area contributed by atoms with Gasteiger partial charge in [-0.15, -0.1) is 11.3 Å². The van der Waals surface area contributed by atoms with E-state index in [1.165, 1.54) is 11.3 Å². The van der Waals surface area contributed by atoms with Gasteiger partial charge in [0.1, 0.15) is 0 Å².